The van der Waals surface area contributed by atoms with E-state index in [1.165, 1.54) is 0 Å². The van der Waals surface area contributed by atoms with Crippen LogP contribution in [0.1, 0.15) is 39.2 Å². The zero-order valence-electron chi connectivity index (χ0n) is 16.1. The first kappa shape index (κ1) is 21.6. The highest BCUT2D eigenvalue weighted by molar-refractivity contribution is 6.30. The van der Waals surface area contributed by atoms with Crippen LogP contribution in [0.15, 0.2) is 24.3 Å². The highest BCUT2D eigenvalue weighted by Gasteiger charge is 2.87. The second-order valence-electron chi connectivity index (χ2n) is 6.03. The summed E-state index contributed by atoms with van der Waals surface area (Å²) in [5, 5.41) is 20.8. The van der Waals surface area contributed by atoms with Gasteiger partial charge in [-0.3, -0.25) is 0 Å². The molecule has 1 saturated carbocycles. The van der Waals surface area contributed by atoms with Gasteiger partial charge in [0.15, 0.2) is 0 Å². The summed E-state index contributed by atoms with van der Waals surface area (Å²) in [5.74, 6) is -3.86. The first-order valence-corrected chi connectivity index (χ1v) is 9.50. The maximum Gasteiger partial charge on any atom is 0.258 e. The van der Waals surface area contributed by atoms with Gasteiger partial charge in [-0.1, -0.05) is 23.7 Å². The van der Waals surface area contributed by atoms with Crippen molar-refractivity contribution < 1.29 is 18.9 Å². The average Bonchev–Trinajstić information content (AvgIpc) is 2.66. The molecule has 1 aliphatic rings. The fourth-order valence-electron chi connectivity index (χ4n) is 3.99. The summed E-state index contributed by atoms with van der Waals surface area (Å²) < 4.78 is 24.1. The van der Waals surface area contributed by atoms with E-state index in [0.717, 1.165) is 0 Å². The number of rotatable bonds is 9. The van der Waals surface area contributed by atoms with Crippen molar-refractivity contribution in [3.05, 3.63) is 34.9 Å². The molecule has 1 atom stereocenters. The number of halogens is 1. The van der Waals surface area contributed by atoms with E-state index in [0.29, 0.717) is 23.8 Å². The van der Waals surface area contributed by atoms with E-state index in [1.54, 1.807) is 38.1 Å². The van der Waals surface area contributed by atoms with Crippen LogP contribution in [0, 0.1) is 28.1 Å². The molecule has 0 N–H and O–H groups in total. The lowest BCUT2D eigenvalue weighted by molar-refractivity contribution is -0.496. The molecule has 0 spiro atoms. The van der Waals surface area contributed by atoms with E-state index in [4.69, 9.17) is 30.5 Å². The molecule has 0 amide bonds. The van der Waals surface area contributed by atoms with Gasteiger partial charge in [-0.05, 0) is 45.4 Å². The van der Waals surface area contributed by atoms with Gasteiger partial charge < -0.3 is 18.9 Å². The van der Waals surface area contributed by atoms with Crippen molar-refractivity contribution in [2.45, 2.75) is 45.2 Å². The van der Waals surface area contributed by atoms with Gasteiger partial charge in [-0.15, -0.1) is 0 Å². The van der Waals surface area contributed by atoms with E-state index in [-0.39, 0.29) is 13.2 Å². The summed E-state index contributed by atoms with van der Waals surface area (Å²) in [6, 6.07) is 11.3. The molecule has 0 heterocycles. The van der Waals surface area contributed by atoms with E-state index in [2.05, 4.69) is 12.1 Å². The largest absolute Gasteiger partial charge is 0.345 e. The van der Waals surface area contributed by atoms with E-state index < -0.39 is 22.9 Å². The van der Waals surface area contributed by atoms with Crippen molar-refractivity contribution in [1.29, 1.82) is 10.5 Å². The number of hydrogen-bond donors (Lipinski definition) is 0. The number of benzene rings is 1. The third kappa shape index (κ3) is 2.93. The van der Waals surface area contributed by atoms with Crippen LogP contribution in [-0.4, -0.2) is 38.0 Å². The average molecular weight is 393 g/mol. The Bertz CT molecular complexity index is 697. The molecule has 1 aromatic carbocycles. The number of ether oxygens (including phenoxy) is 4. The summed E-state index contributed by atoms with van der Waals surface area (Å²) in [6.07, 6.45) is 0. The zero-order valence-corrected chi connectivity index (χ0v) is 16.9. The molecule has 1 fully saturated rings. The smallest absolute Gasteiger partial charge is 0.258 e. The van der Waals surface area contributed by atoms with Gasteiger partial charge >= 0.3 is 0 Å². The highest BCUT2D eigenvalue weighted by atomic mass is 35.5. The predicted octanol–water partition coefficient (Wildman–Crippen LogP) is 4.01. The molecule has 7 heteroatoms. The van der Waals surface area contributed by atoms with Crippen molar-refractivity contribution in [1.82, 2.24) is 0 Å². The molecular formula is C20H25ClN2O4. The minimum Gasteiger partial charge on any atom is -0.345 e. The molecular weight excluding hydrogens is 368 g/mol. The lowest BCUT2D eigenvalue weighted by Crippen LogP contribution is -2.83. The number of nitrogens with zero attached hydrogens (tertiary/aromatic N) is 2. The number of hydrogen-bond acceptors (Lipinski definition) is 6. The topological polar surface area (TPSA) is 84.5 Å². The van der Waals surface area contributed by atoms with E-state index >= 15 is 0 Å². The predicted molar refractivity (Wildman–Crippen MR) is 99.8 cm³/mol. The maximum absolute atomic E-state index is 10.1. The Kier molecular flexibility index (Phi) is 6.86. The Morgan fingerprint density at radius 3 is 1.67 bits per heavy atom. The lowest BCUT2D eigenvalue weighted by Gasteiger charge is -2.66. The molecule has 2 rings (SSSR count). The van der Waals surface area contributed by atoms with Crippen molar-refractivity contribution in [2.75, 3.05) is 26.4 Å². The Morgan fingerprint density at radius 2 is 1.30 bits per heavy atom. The van der Waals surface area contributed by atoms with Gasteiger partial charge in [0.2, 0.25) is 11.2 Å². The Hall–Kier alpha value is -1.67. The molecule has 6 nitrogen and oxygen atoms in total. The zero-order chi connectivity index (χ0) is 20.1. The summed E-state index contributed by atoms with van der Waals surface area (Å²) in [4.78, 5) is 0. The van der Waals surface area contributed by atoms with Crippen molar-refractivity contribution in [3.63, 3.8) is 0 Å². The van der Waals surface area contributed by atoms with Crippen LogP contribution in [-0.2, 0) is 18.9 Å². The van der Waals surface area contributed by atoms with Crippen LogP contribution >= 0.6 is 11.6 Å². The summed E-state index contributed by atoms with van der Waals surface area (Å²) in [6.45, 7) is 8.22. The van der Waals surface area contributed by atoms with Gasteiger partial charge in [0.05, 0.1) is 18.1 Å². The fraction of sp³-hybridized carbons (Fsp3) is 0.600. The normalized spacial score (nSPS) is 21.7. The van der Waals surface area contributed by atoms with E-state index in [1.807, 2.05) is 13.8 Å². The van der Waals surface area contributed by atoms with Crippen LogP contribution in [0.3, 0.4) is 0 Å². The molecule has 0 aromatic heterocycles. The van der Waals surface area contributed by atoms with Crippen LogP contribution < -0.4 is 0 Å². The van der Waals surface area contributed by atoms with Crippen molar-refractivity contribution in [2.24, 2.45) is 5.41 Å². The molecule has 0 saturated heterocycles. The van der Waals surface area contributed by atoms with Crippen LogP contribution in [0.25, 0.3) is 0 Å². The summed E-state index contributed by atoms with van der Waals surface area (Å²) >= 11 is 6.02. The Labute approximate surface area is 165 Å². The molecule has 0 unspecified atom stereocenters. The Morgan fingerprint density at radius 1 is 0.852 bits per heavy atom. The molecule has 0 bridgehead atoms. The monoisotopic (exact) mass is 392 g/mol. The van der Waals surface area contributed by atoms with Gasteiger partial charge in [0.25, 0.3) is 5.79 Å². The fourth-order valence-corrected chi connectivity index (χ4v) is 4.12. The van der Waals surface area contributed by atoms with Crippen LogP contribution in [0.2, 0.25) is 5.02 Å². The standard InChI is InChI=1S/C20H25ClN2O4/c1-5-24-19(25-6-2)17(15-9-11-16(21)12-10-15)18(13-22,14-23)20(19,26-7-3)27-8-4/h9-12,17H,5-8H2,1-4H3/t17-/m1/s1. The maximum atomic E-state index is 10.1. The van der Waals surface area contributed by atoms with Crippen molar-refractivity contribution in [3.8, 4) is 12.1 Å². The highest BCUT2D eigenvalue weighted by Crippen LogP contribution is 2.69. The second kappa shape index (κ2) is 8.56. The molecule has 146 valence electrons. The second-order valence-corrected chi connectivity index (χ2v) is 6.47. The Balaban J connectivity index is 2.79. The minimum absolute atomic E-state index is 0.223. The SMILES string of the molecule is CCOC1(OCC)[C@H](c2ccc(Cl)cc2)C(C#N)(C#N)C1(OCC)OCC. The van der Waals surface area contributed by atoms with E-state index in [9.17, 15) is 10.5 Å². The van der Waals surface area contributed by atoms with Gasteiger partial charge in [-0.25, -0.2) is 0 Å². The van der Waals surface area contributed by atoms with Gasteiger partial charge in [-0.2, -0.15) is 10.5 Å². The third-order valence-corrected chi connectivity index (χ3v) is 5.01. The molecule has 27 heavy (non-hydrogen) atoms. The minimum atomic E-state index is -1.68. The third-order valence-electron chi connectivity index (χ3n) is 4.76. The molecule has 0 radical (unpaired) electrons. The molecule has 1 aliphatic carbocycles. The van der Waals surface area contributed by atoms with Crippen LogP contribution in [0.4, 0.5) is 0 Å². The summed E-state index contributed by atoms with van der Waals surface area (Å²) in [5.41, 5.74) is -0.962. The first-order valence-electron chi connectivity index (χ1n) is 9.12. The van der Waals surface area contributed by atoms with Gasteiger partial charge in [0.1, 0.15) is 0 Å². The summed E-state index contributed by atoms with van der Waals surface area (Å²) in [7, 11) is 0. The quantitative estimate of drug-likeness (QED) is 0.590. The number of nitriles is 2. The molecule has 0 aliphatic heterocycles. The van der Waals surface area contributed by atoms with Crippen LogP contribution in [0.5, 0.6) is 0 Å². The molecule has 1 aromatic rings. The van der Waals surface area contributed by atoms with Crippen molar-refractivity contribution >= 4 is 11.6 Å². The first-order chi connectivity index (χ1) is 13.0. The lowest BCUT2D eigenvalue weighted by atomic mass is 9.49. The van der Waals surface area contributed by atoms with Gasteiger partial charge in [0, 0.05) is 31.5 Å².